The van der Waals surface area contributed by atoms with Gasteiger partial charge in [0.1, 0.15) is 0 Å². The Balaban J connectivity index is 3.06. The number of rotatable bonds is 4. The fraction of sp³-hybridized carbons (Fsp3) is 0.500. The van der Waals surface area contributed by atoms with Gasteiger partial charge in [0.2, 0.25) is 0 Å². The van der Waals surface area contributed by atoms with Crippen molar-refractivity contribution in [2.45, 2.75) is 25.1 Å². The third-order valence-electron chi connectivity index (χ3n) is 2.88. The van der Waals surface area contributed by atoms with Gasteiger partial charge < -0.3 is 4.74 Å². The van der Waals surface area contributed by atoms with Crippen molar-refractivity contribution in [3.8, 4) is 0 Å². The predicted octanol–water partition coefficient (Wildman–Crippen LogP) is 4.88. The Labute approximate surface area is 118 Å². The van der Waals surface area contributed by atoms with Crippen LogP contribution in [-0.2, 0) is 11.3 Å². The monoisotopic (exact) mass is 340 g/mol. The van der Waals surface area contributed by atoms with E-state index in [0.717, 1.165) is 0 Å². The molecule has 0 aromatic heterocycles. The zero-order chi connectivity index (χ0) is 17.2. The summed E-state index contributed by atoms with van der Waals surface area (Å²) in [6, 6.07) is 6.90. The summed E-state index contributed by atoms with van der Waals surface area (Å²) >= 11 is 0. The molecule has 0 amide bonds. The zero-order valence-corrected chi connectivity index (χ0v) is 10.6. The summed E-state index contributed by atoms with van der Waals surface area (Å²) in [5.41, 5.74) is -5.79. The lowest BCUT2D eigenvalue weighted by Crippen LogP contribution is -2.62. The molecule has 0 saturated carbocycles. The Bertz CT molecular complexity index is 436. The Kier molecular flexibility index (Phi) is 5.05. The van der Waals surface area contributed by atoms with E-state index in [1.54, 1.807) is 0 Å². The minimum Gasteiger partial charge on any atom is -0.375 e. The average Bonchev–Trinajstić information content (AvgIpc) is 2.31. The predicted molar refractivity (Wildman–Crippen MR) is 56.7 cm³/mol. The van der Waals surface area contributed by atoms with Crippen molar-refractivity contribution in [1.82, 2.24) is 0 Å². The Morgan fingerprint density at radius 2 is 1.09 bits per heavy atom. The van der Waals surface area contributed by atoms with Crippen LogP contribution in [0.1, 0.15) is 5.56 Å². The fourth-order valence-corrected chi connectivity index (χ4v) is 1.62. The van der Waals surface area contributed by atoms with Crippen molar-refractivity contribution in [2.75, 3.05) is 6.61 Å². The minimum absolute atomic E-state index is 0.142. The van der Waals surface area contributed by atoms with Crippen LogP contribution < -0.4 is 0 Å². The molecule has 126 valence electrons. The van der Waals surface area contributed by atoms with Crippen LogP contribution in [-0.4, -0.2) is 25.1 Å². The van der Waals surface area contributed by atoms with Crippen molar-refractivity contribution >= 4 is 0 Å². The van der Waals surface area contributed by atoms with Gasteiger partial charge >= 0.3 is 18.5 Å². The van der Waals surface area contributed by atoms with Gasteiger partial charge in [-0.15, -0.1) is 0 Å². The summed E-state index contributed by atoms with van der Waals surface area (Å²) in [6.07, 6.45) is -19.8. The quantitative estimate of drug-likeness (QED) is 0.710. The van der Waals surface area contributed by atoms with Gasteiger partial charge in [0.05, 0.1) is 13.2 Å². The minimum atomic E-state index is -6.60. The lowest BCUT2D eigenvalue weighted by molar-refractivity contribution is -0.435. The van der Waals surface area contributed by atoms with Crippen molar-refractivity contribution in [3.05, 3.63) is 35.9 Å². The van der Waals surface area contributed by atoms with E-state index in [1.807, 2.05) is 0 Å². The molecule has 0 fully saturated rings. The van der Waals surface area contributed by atoms with Crippen LogP contribution in [0.4, 0.5) is 39.5 Å². The van der Waals surface area contributed by atoms with Crippen molar-refractivity contribution in [3.63, 3.8) is 0 Å². The van der Waals surface area contributed by atoms with Crippen LogP contribution in [0.25, 0.3) is 0 Å². The van der Waals surface area contributed by atoms with Gasteiger partial charge in [-0.25, -0.2) is 0 Å². The highest BCUT2D eigenvalue weighted by Gasteiger charge is 2.83. The van der Waals surface area contributed by atoms with E-state index in [2.05, 4.69) is 4.74 Å². The van der Waals surface area contributed by atoms with E-state index in [1.165, 1.54) is 30.3 Å². The summed E-state index contributed by atoms with van der Waals surface area (Å²) in [5.74, 6) is 0. The number of alkyl halides is 9. The van der Waals surface area contributed by atoms with E-state index < -0.39 is 37.2 Å². The molecule has 0 atom stereocenters. The van der Waals surface area contributed by atoms with Gasteiger partial charge in [0, 0.05) is 0 Å². The third-order valence-corrected chi connectivity index (χ3v) is 2.88. The van der Waals surface area contributed by atoms with Gasteiger partial charge in [-0.1, -0.05) is 30.3 Å². The molecule has 1 aromatic carbocycles. The fourth-order valence-electron chi connectivity index (χ4n) is 1.62. The second kappa shape index (κ2) is 5.98. The van der Waals surface area contributed by atoms with Crippen LogP contribution in [0, 0.1) is 5.41 Å². The maximum absolute atomic E-state index is 12.6. The number of hydrogen-bond acceptors (Lipinski definition) is 1. The molecule has 0 bridgehead atoms. The Morgan fingerprint density at radius 1 is 0.682 bits per heavy atom. The van der Waals surface area contributed by atoms with E-state index in [9.17, 15) is 39.5 Å². The zero-order valence-electron chi connectivity index (χ0n) is 10.6. The molecule has 0 saturated heterocycles. The van der Waals surface area contributed by atoms with Gasteiger partial charge in [-0.3, -0.25) is 0 Å². The maximum atomic E-state index is 12.6. The van der Waals surface area contributed by atoms with Crippen molar-refractivity contribution in [1.29, 1.82) is 0 Å². The molecule has 0 spiro atoms. The standard InChI is InChI=1S/C12H9F9O/c13-10(14,15)9(11(16,17)18,12(19,20)21)7-22-6-8-4-2-1-3-5-8/h1-5H,6-7H2. The lowest BCUT2D eigenvalue weighted by Gasteiger charge is -2.38. The second-order valence-electron chi connectivity index (χ2n) is 4.38. The molecule has 0 aliphatic carbocycles. The van der Waals surface area contributed by atoms with Gasteiger partial charge in [-0.2, -0.15) is 39.5 Å². The molecule has 0 aliphatic rings. The van der Waals surface area contributed by atoms with Crippen LogP contribution in [0.2, 0.25) is 0 Å². The van der Waals surface area contributed by atoms with Crippen molar-refractivity contribution < 1.29 is 44.3 Å². The Morgan fingerprint density at radius 3 is 1.45 bits per heavy atom. The van der Waals surface area contributed by atoms with Gasteiger partial charge in [-0.05, 0) is 5.56 Å². The first kappa shape index (κ1) is 18.6. The molecular formula is C12H9F9O. The highest BCUT2D eigenvalue weighted by Crippen LogP contribution is 2.59. The maximum Gasteiger partial charge on any atom is 0.414 e. The smallest absolute Gasteiger partial charge is 0.375 e. The average molecular weight is 340 g/mol. The molecule has 1 nitrogen and oxygen atoms in total. The molecule has 0 aliphatic heterocycles. The molecule has 10 heteroatoms. The highest BCUT2D eigenvalue weighted by atomic mass is 19.4. The Hall–Kier alpha value is -1.45. The van der Waals surface area contributed by atoms with Gasteiger partial charge in [0.25, 0.3) is 5.41 Å². The number of ether oxygens (including phenoxy) is 1. The first-order valence-electron chi connectivity index (χ1n) is 5.65. The highest BCUT2D eigenvalue weighted by molar-refractivity contribution is 5.13. The van der Waals surface area contributed by atoms with E-state index in [4.69, 9.17) is 0 Å². The van der Waals surface area contributed by atoms with Crippen LogP contribution in [0.3, 0.4) is 0 Å². The second-order valence-corrected chi connectivity index (χ2v) is 4.38. The SMILES string of the molecule is FC(F)(F)C(COCc1ccccc1)(C(F)(F)F)C(F)(F)F. The molecule has 22 heavy (non-hydrogen) atoms. The molecule has 1 aromatic rings. The third kappa shape index (κ3) is 3.47. The van der Waals surface area contributed by atoms with Crippen LogP contribution >= 0.6 is 0 Å². The topological polar surface area (TPSA) is 9.23 Å². The first-order chi connectivity index (χ1) is 9.83. The molecule has 0 unspecified atom stereocenters. The lowest BCUT2D eigenvalue weighted by atomic mass is 9.86. The molecule has 0 N–H and O–H groups in total. The summed E-state index contributed by atoms with van der Waals surface area (Å²) in [4.78, 5) is 0. The summed E-state index contributed by atoms with van der Waals surface area (Å²) in [7, 11) is 0. The summed E-state index contributed by atoms with van der Waals surface area (Å²) < 4.78 is 117. The molecule has 0 radical (unpaired) electrons. The normalized spacial score (nSPS) is 14.2. The molecule has 0 heterocycles. The molecular weight excluding hydrogens is 331 g/mol. The number of hydrogen-bond donors (Lipinski definition) is 0. The summed E-state index contributed by atoms with van der Waals surface area (Å²) in [6.45, 7) is -3.41. The van der Waals surface area contributed by atoms with Crippen molar-refractivity contribution in [2.24, 2.45) is 5.41 Å². The van der Waals surface area contributed by atoms with Gasteiger partial charge in [0.15, 0.2) is 0 Å². The van der Waals surface area contributed by atoms with E-state index in [0.29, 0.717) is 0 Å². The summed E-state index contributed by atoms with van der Waals surface area (Å²) in [5, 5.41) is 0. The van der Waals surface area contributed by atoms with E-state index in [-0.39, 0.29) is 5.56 Å². The van der Waals surface area contributed by atoms with Crippen LogP contribution in [0.15, 0.2) is 30.3 Å². The molecule has 1 rings (SSSR count). The van der Waals surface area contributed by atoms with Crippen LogP contribution in [0.5, 0.6) is 0 Å². The number of halogens is 9. The number of benzene rings is 1. The first-order valence-corrected chi connectivity index (χ1v) is 5.65. The largest absolute Gasteiger partial charge is 0.414 e. The van der Waals surface area contributed by atoms with E-state index >= 15 is 0 Å².